The molecule has 0 aromatic heterocycles. The molecule has 88 valence electrons. The normalized spacial score (nSPS) is 10.5. The van der Waals surface area contributed by atoms with E-state index < -0.39 is 0 Å². The number of anilines is 1. The Balaban J connectivity index is 2.02. The Morgan fingerprint density at radius 1 is 1.00 bits per heavy atom. The van der Waals surface area contributed by atoms with Crippen molar-refractivity contribution in [3.05, 3.63) is 58.1 Å². The van der Waals surface area contributed by atoms with Crippen LogP contribution in [0.4, 0.5) is 5.69 Å². The number of hydrogen-bond donors (Lipinski definition) is 1. The second kappa shape index (κ2) is 5.67. The molecule has 0 fully saturated rings. The maximum absolute atomic E-state index is 5.96. The highest BCUT2D eigenvalue weighted by Gasteiger charge is 2.00. The van der Waals surface area contributed by atoms with Crippen LogP contribution in [-0.2, 0) is 5.75 Å². The first kappa shape index (κ1) is 12.6. The lowest BCUT2D eigenvalue weighted by Gasteiger charge is -2.04. The van der Waals surface area contributed by atoms with Gasteiger partial charge in [-0.1, -0.05) is 29.3 Å². The lowest BCUT2D eigenvalue weighted by Crippen LogP contribution is -1.88. The number of nitrogen functional groups attached to an aromatic ring is 1. The molecule has 2 rings (SSSR count). The first-order valence-corrected chi connectivity index (χ1v) is 6.81. The van der Waals surface area contributed by atoms with Gasteiger partial charge in [0.25, 0.3) is 0 Å². The third kappa shape index (κ3) is 3.56. The molecule has 0 aliphatic carbocycles. The van der Waals surface area contributed by atoms with E-state index in [1.54, 1.807) is 11.8 Å². The summed E-state index contributed by atoms with van der Waals surface area (Å²) < 4.78 is 0. The van der Waals surface area contributed by atoms with Crippen LogP contribution < -0.4 is 5.73 Å². The number of halogens is 2. The van der Waals surface area contributed by atoms with Crippen LogP contribution in [0.25, 0.3) is 0 Å². The molecule has 0 saturated carbocycles. The van der Waals surface area contributed by atoms with Gasteiger partial charge in [0.2, 0.25) is 0 Å². The Labute approximate surface area is 115 Å². The van der Waals surface area contributed by atoms with Gasteiger partial charge < -0.3 is 5.73 Å². The largest absolute Gasteiger partial charge is 0.398 e. The summed E-state index contributed by atoms with van der Waals surface area (Å²) in [6.07, 6.45) is 0. The van der Waals surface area contributed by atoms with Crippen molar-refractivity contribution in [2.24, 2.45) is 0 Å². The van der Waals surface area contributed by atoms with E-state index in [-0.39, 0.29) is 0 Å². The Morgan fingerprint density at radius 3 is 2.35 bits per heavy atom. The summed E-state index contributed by atoms with van der Waals surface area (Å²) in [6, 6.07) is 13.5. The van der Waals surface area contributed by atoms with Crippen LogP contribution in [0, 0.1) is 0 Å². The number of hydrogen-bond acceptors (Lipinski definition) is 2. The predicted molar refractivity (Wildman–Crippen MR) is 76.9 cm³/mol. The van der Waals surface area contributed by atoms with Gasteiger partial charge in [-0.25, -0.2) is 0 Å². The second-order valence-corrected chi connectivity index (χ2v) is 5.49. The van der Waals surface area contributed by atoms with Crippen molar-refractivity contribution >= 4 is 40.7 Å². The van der Waals surface area contributed by atoms with Gasteiger partial charge in [0.1, 0.15) is 0 Å². The topological polar surface area (TPSA) is 26.0 Å². The molecule has 0 atom stereocenters. The van der Waals surface area contributed by atoms with E-state index >= 15 is 0 Å². The summed E-state index contributed by atoms with van der Waals surface area (Å²) in [7, 11) is 0. The van der Waals surface area contributed by atoms with Crippen molar-refractivity contribution in [1.29, 1.82) is 0 Å². The van der Waals surface area contributed by atoms with E-state index in [4.69, 9.17) is 28.9 Å². The lowest BCUT2D eigenvalue weighted by atomic mass is 10.2. The van der Waals surface area contributed by atoms with Crippen LogP contribution in [0.3, 0.4) is 0 Å². The van der Waals surface area contributed by atoms with E-state index in [0.717, 1.165) is 16.3 Å². The minimum Gasteiger partial charge on any atom is -0.398 e. The zero-order valence-electron chi connectivity index (χ0n) is 8.99. The molecule has 0 aliphatic heterocycles. The summed E-state index contributed by atoms with van der Waals surface area (Å²) in [5.74, 6) is 0.863. The highest BCUT2D eigenvalue weighted by atomic mass is 35.5. The fraction of sp³-hybridized carbons (Fsp3) is 0.0769. The number of thioether (sulfide) groups is 1. The van der Waals surface area contributed by atoms with E-state index in [1.165, 1.54) is 4.90 Å². The Bertz CT molecular complexity index is 511. The molecule has 2 N–H and O–H groups in total. The summed E-state index contributed by atoms with van der Waals surface area (Å²) in [6.45, 7) is 0. The van der Waals surface area contributed by atoms with Crippen molar-refractivity contribution in [3.63, 3.8) is 0 Å². The average molecular weight is 284 g/mol. The van der Waals surface area contributed by atoms with Gasteiger partial charge in [0, 0.05) is 15.7 Å². The van der Waals surface area contributed by atoms with Gasteiger partial charge in [-0.2, -0.15) is 0 Å². The smallest absolute Gasteiger partial charge is 0.0638 e. The molecule has 2 aromatic rings. The monoisotopic (exact) mass is 283 g/mol. The van der Waals surface area contributed by atoms with Gasteiger partial charge in [-0.15, -0.1) is 11.8 Å². The van der Waals surface area contributed by atoms with E-state index in [9.17, 15) is 0 Å². The van der Waals surface area contributed by atoms with Gasteiger partial charge in [0.15, 0.2) is 0 Å². The van der Waals surface area contributed by atoms with Crippen molar-refractivity contribution in [1.82, 2.24) is 0 Å². The van der Waals surface area contributed by atoms with Crippen LogP contribution in [0.2, 0.25) is 10.0 Å². The molecule has 0 aliphatic rings. The van der Waals surface area contributed by atoms with Crippen LogP contribution in [0.5, 0.6) is 0 Å². The Hall–Kier alpha value is -0.830. The number of benzene rings is 2. The molecule has 1 nitrogen and oxygen atoms in total. The van der Waals surface area contributed by atoms with Gasteiger partial charge in [0.05, 0.1) is 10.7 Å². The molecule has 0 heterocycles. The van der Waals surface area contributed by atoms with Crippen molar-refractivity contribution in [2.75, 3.05) is 5.73 Å². The molecule has 0 unspecified atom stereocenters. The molecule has 0 radical (unpaired) electrons. The summed E-state index contributed by atoms with van der Waals surface area (Å²) in [4.78, 5) is 1.18. The quantitative estimate of drug-likeness (QED) is 0.643. The van der Waals surface area contributed by atoms with Crippen molar-refractivity contribution in [2.45, 2.75) is 10.6 Å². The predicted octanol–water partition coefficient (Wildman–Crippen LogP) is 4.87. The average Bonchev–Trinajstić information content (AvgIpc) is 2.33. The van der Waals surface area contributed by atoms with Crippen LogP contribution >= 0.6 is 35.0 Å². The zero-order valence-corrected chi connectivity index (χ0v) is 11.3. The molecule has 0 amide bonds. The fourth-order valence-electron chi connectivity index (χ4n) is 1.36. The SMILES string of the molecule is Nc1ccc(CSc2ccc(Cl)cc2)cc1Cl. The van der Waals surface area contributed by atoms with Crippen molar-refractivity contribution < 1.29 is 0 Å². The summed E-state index contributed by atoms with van der Waals surface area (Å²) in [5.41, 5.74) is 7.43. The van der Waals surface area contributed by atoms with E-state index in [1.807, 2.05) is 42.5 Å². The number of nitrogens with two attached hydrogens (primary N) is 1. The van der Waals surface area contributed by atoms with Gasteiger partial charge >= 0.3 is 0 Å². The molecule has 17 heavy (non-hydrogen) atoms. The van der Waals surface area contributed by atoms with Gasteiger partial charge in [-0.3, -0.25) is 0 Å². The van der Waals surface area contributed by atoms with E-state index in [2.05, 4.69) is 0 Å². The van der Waals surface area contributed by atoms with Crippen LogP contribution in [0.15, 0.2) is 47.4 Å². The highest BCUT2D eigenvalue weighted by molar-refractivity contribution is 7.98. The molecule has 0 saturated heterocycles. The highest BCUT2D eigenvalue weighted by Crippen LogP contribution is 2.27. The van der Waals surface area contributed by atoms with Gasteiger partial charge in [-0.05, 0) is 42.0 Å². The lowest BCUT2D eigenvalue weighted by molar-refractivity contribution is 1.38. The summed E-state index contributed by atoms with van der Waals surface area (Å²) in [5, 5.41) is 1.36. The molecule has 0 bridgehead atoms. The third-order valence-electron chi connectivity index (χ3n) is 2.28. The van der Waals surface area contributed by atoms with Crippen LogP contribution in [-0.4, -0.2) is 0 Å². The Kier molecular flexibility index (Phi) is 4.21. The third-order valence-corrected chi connectivity index (χ3v) is 3.95. The Morgan fingerprint density at radius 2 is 1.71 bits per heavy atom. The first-order chi connectivity index (χ1) is 8.15. The van der Waals surface area contributed by atoms with Crippen LogP contribution in [0.1, 0.15) is 5.56 Å². The molecule has 2 aromatic carbocycles. The molecule has 0 spiro atoms. The second-order valence-electron chi connectivity index (χ2n) is 3.60. The summed E-state index contributed by atoms with van der Waals surface area (Å²) >= 11 is 13.5. The van der Waals surface area contributed by atoms with E-state index in [0.29, 0.717) is 10.7 Å². The maximum Gasteiger partial charge on any atom is 0.0638 e. The first-order valence-electron chi connectivity index (χ1n) is 5.07. The van der Waals surface area contributed by atoms with Crippen molar-refractivity contribution in [3.8, 4) is 0 Å². The molecular formula is C13H11Cl2NS. The zero-order chi connectivity index (χ0) is 12.3. The molecule has 4 heteroatoms. The fourth-order valence-corrected chi connectivity index (χ4v) is 2.53. The standard InChI is InChI=1S/C13H11Cl2NS/c14-10-2-4-11(5-3-10)17-8-9-1-6-13(16)12(15)7-9/h1-7H,8,16H2. The number of rotatable bonds is 3. The minimum absolute atomic E-state index is 0.610. The maximum atomic E-state index is 5.96. The minimum atomic E-state index is 0.610. The molecular weight excluding hydrogens is 273 g/mol.